The molecule has 2 aromatic rings. The van der Waals surface area contributed by atoms with Gasteiger partial charge in [-0.15, -0.1) is 0 Å². The van der Waals surface area contributed by atoms with Crippen molar-refractivity contribution in [1.29, 1.82) is 0 Å². The molecule has 0 aliphatic carbocycles. The van der Waals surface area contributed by atoms with E-state index in [0.29, 0.717) is 24.0 Å². The van der Waals surface area contributed by atoms with Gasteiger partial charge < -0.3 is 51.1 Å². The van der Waals surface area contributed by atoms with Crippen LogP contribution in [-0.2, 0) is 65.7 Å². The minimum Gasteiger partial charge on any atom is -0.508 e. The summed E-state index contributed by atoms with van der Waals surface area (Å²) in [6, 6.07) is 5.85. The Balaban J connectivity index is 1.87. The molecule has 2 bridgehead atoms. The van der Waals surface area contributed by atoms with Crippen molar-refractivity contribution in [2.24, 2.45) is 11.8 Å². The number of ether oxygens (including phenoxy) is 1. The second-order valence-corrected chi connectivity index (χ2v) is 17.9. The molecule has 8 N–H and O–H groups in total. The predicted octanol–water partition coefficient (Wildman–Crippen LogP) is -0.139. The van der Waals surface area contributed by atoms with Gasteiger partial charge in [-0.2, -0.15) is 8.42 Å². The number of nitrogens with one attached hydrogen (secondary N) is 4. The zero-order valence-corrected chi connectivity index (χ0v) is 38.6. The smallest absolute Gasteiger partial charge is 0.397 e. The molecule has 6 amide bonds. The Morgan fingerprint density at radius 1 is 0.879 bits per heavy atom. The number of fused-ring (bicyclic) bond motifs is 2. The zero-order valence-electron chi connectivity index (χ0n) is 37.8. The molecule has 0 radical (unpaired) electrons. The van der Waals surface area contributed by atoms with E-state index in [1.54, 1.807) is 70.2 Å². The van der Waals surface area contributed by atoms with E-state index in [4.69, 9.17) is 9.29 Å². The number of carbonyl (C=O) groups is 7. The second-order valence-electron chi connectivity index (χ2n) is 16.8. The number of likely N-dealkylation sites (N-methyl/N-ethyl adjacent to an activating group) is 1. The van der Waals surface area contributed by atoms with Crippen LogP contribution in [-0.4, -0.2) is 148 Å². The van der Waals surface area contributed by atoms with E-state index in [0.717, 1.165) is 4.90 Å². The molecule has 364 valence electrons. The minimum absolute atomic E-state index is 0.0345. The first-order chi connectivity index (χ1) is 31.1. The van der Waals surface area contributed by atoms with E-state index in [1.165, 1.54) is 31.0 Å². The number of benzene rings is 2. The van der Waals surface area contributed by atoms with E-state index in [2.05, 4.69) is 25.5 Å². The van der Waals surface area contributed by atoms with Crippen LogP contribution in [0.5, 0.6) is 5.75 Å². The van der Waals surface area contributed by atoms with Gasteiger partial charge >= 0.3 is 16.4 Å². The molecule has 2 saturated heterocycles. The van der Waals surface area contributed by atoms with Crippen molar-refractivity contribution in [3.8, 4) is 5.75 Å². The molecule has 2 fully saturated rings. The molecule has 2 aromatic carbocycles. The predicted molar refractivity (Wildman–Crippen MR) is 235 cm³/mol. The first kappa shape index (κ1) is 52.9. The van der Waals surface area contributed by atoms with Crippen LogP contribution in [0.2, 0.25) is 0 Å². The highest BCUT2D eigenvalue weighted by atomic mass is 32.3. The van der Waals surface area contributed by atoms with Gasteiger partial charge in [-0.1, -0.05) is 83.0 Å². The van der Waals surface area contributed by atoms with Gasteiger partial charge in [0.2, 0.25) is 29.5 Å². The highest BCUT2D eigenvalue weighted by molar-refractivity contribution is 7.80. The molecule has 21 nitrogen and oxygen atoms in total. The first-order valence-corrected chi connectivity index (χ1v) is 23.2. The molecule has 4 rings (SSSR count). The monoisotopic (exact) mass is 946 g/mol. The van der Waals surface area contributed by atoms with E-state index in [1.807, 2.05) is 0 Å². The van der Waals surface area contributed by atoms with Crippen molar-refractivity contribution < 1.29 is 70.8 Å². The fourth-order valence-electron chi connectivity index (χ4n) is 7.72. The van der Waals surface area contributed by atoms with Crippen LogP contribution in [0.4, 0.5) is 0 Å². The summed E-state index contributed by atoms with van der Waals surface area (Å²) in [6.07, 6.45) is -5.04. The lowest BCUT2D eigenvalue weighted by Gasteiger charge is -2.44. The number of hydrogen-bond donors (Lipinski definition) is 8. The van der Waals surface area contributed by atoms with Crippen LogP contribution >= 0.6 is 0 Å². The fraction of sp³-hybridized carbons (Fsp3) is 0.568. The zero-order chi connectivity index (χ0) is 49.0. The first-order valence-electron chi connectivity index (χ1n) is 21.9. The highest BCUT2D eigenvalue weighted by Gasteiger charge is 2.47. The number of rotatable bonds is 14. The van der Waals surface area contributed by atoms with Gasteiger partial charge in [0.1, 0.15) is 60.9 Å². The number of carbonyl (C=O) groups excluding carboxylic acids is 7. The number of amides is 6. The third-order valence-electron chi connectivity index (χ3n) is 12.1. The SMILES string of the molecule is CC[C@H](C)[C@@H]1NC(=O)C(Cc2ccccc2)N(C)C(=O)[C@H]([C@@H](C)CC)N2C(=O)[C@H](CC[C@H]2O)NC(=O)[C@H](CCc2ccc(O)cc2)NC(=O)[C@@H](NC(=O)[C@H](O)COS(=O)(=O)O)[C@@H](C)OC1=O. The molecule has 22 heteroatoms. The van der Waals surface area contributed by atoms with E-state index >= 15 is 0 Å². The van der Waals surface area contributed by atoms with Gasteiger partial charge in [-0.25, -0.2) is 8.98 Å². The highest BCUT2D eigenvalue weighted by Crippen LogP contribution is 2.28. The number of aryl methyl sites for hydroxylation is 1. The Kier molecular flexibility index (Phi) is 19.0. The lowest BCUT2D eigenvalue weighted by atomic mass is 9.91. The molecular formula is C44H62N6O15S. The molecule has 2 aliphatic heterocycles. The van der Waals surface area contributed by atoms with Gasteiger partial charge in [0.15, 0.2) is 6.10 Å². The minimum atomic E-state index is -5.12. The summed E-state index contributed by atoms with van der Waals surface area (Å²) in [5.74, 6) is -8.11. The molecule has 1 unspecified atom stereocenters. The summed E-state index contributed by atoms with van der Waals surface area (Å²) in [6.45, 7) is 6.79. The van der Waals surface area contributed by atoms with Crippen LogP contribution in [0.1, 0.15) is 77.8 Å². The standard InChI is InChI=1S/C44H62N6O15S/c1-7-24(3)35-44(60)65-26(5)36(48-40(56)33(52)23-64-66(61,62)63)41(57)45-30(19-16-27-14-17-29(51)18-15-27)38(54)46-31-20-21-34(53)50(42(31)58)37(25(4)8-2)43(59)49(6)32(39(55)47-35)22-28-12-10-9-11-13-28/h9-15,17-18,24-26,30-37,51-53H,7-8,16,19-23H2,1-6H3,(H,45,57)(H,46,54)(H,47,55)(H,48,56)(H,61,62,63)/t24-,25-,26+,30-,31-,32?,33+,34+,35-,36-,37-/m0/s1. The van der Waals surface area contributed by atoms with Crippen LogP contribution in [0.3, 0.4) is 0 Å². The Morgan fingerprint density at radius 2 is 1.52 bits per heavy atom. The Morgan fingerprint density at radius 3 is 2.12 bits per heavy atom. The summed E-state index contributed by atoms with van der Waals surface area (Å²) >= 11 is 0. The van der Waals surface area contributed by atoms with Gasteiger partial charge in [-0.3, -0.25) is 33.3 Å². The quantitative estimate of drug-likeness (QED) is 0.0903. The fourth-order valence-corrected chi connectivity index (χ4v) is 8.02. The third-order valence-corrected chi connectivity index (χ3v) is 12.5. The average molecular weight is 947 g/mol. The van der Waals surface area contributed by atoms with Crippen molar-refractivity contribution in [2.75, 3.05) is 13.7 Å². The molecule has 66 heavy (non-hydrogen) atoms. The molecule has 2 heterocycles. The molecule has 2 aliphatic rings. The second kappa shape index (κ2) is 23.7. The van der Waals surface area contributed by atoms with Gasteiger partial charge in [0.25, 0.3) is 5.91 Å². The molecule has 0 saturated carbocycles. The van der Waals surface area contributed by atoms with Crippen molar-refractivity contribution in [1.82, 2.24) is 31.1 Å². The van der Waals surface area contributed by atoms with E-state index in [-0.39, 0.29) is 37.9 Å². The number of piperidine rings is 1. The number of aliphatic hydroxyl groups is 2. The number of nitrogens with zero attached hydrogens (tertiary/aromatic N) is 2. The number of phenols is 1. The van der Waals surface area contributed by atoms with Crippen LogP contribution in [0.15, 0.2) is 54.6 Å². The number of aromatic hydroxyl groups is 1. The lowest BCUT2D eigenvalue weighted by Crippen LogP contribution is -2.66. The molecular weight excluding hydrogens is 885 g/mol. The van der Waals surface area contributed by atoms with E-state index in [9.17, 15) is 57.3 Å². The number of aliphatic hydroxyl groups excluding tert-OH is 2. The van der Waals surface area contributed by atoms with Crippen LogP contribution in [0, 0.1) is 11.8 Å². The largest absolute Gasteiger partial charge is 0.508 e. The van der Waals surface area contributed by atoms with Crippen molar-refractivity contribution in [3.05, 3.63) is 65.7 Å². The number of esters is 1. The van der Waals surface area contributed by atoms with Crippen LogP contribution in [0.25, 0.3) is 0 Å². The summed E-state index contributed by atoms with van der Waals surface area (Å²) < 4.78 is 41.3. The molecule has 11 atom stereocenters. The van der Waals surface area contributed by atoms with Gasteiger partial charge in [-0.05, 0) is 67.7 Å². The molecule has 0 aromatic heterocycles. The maximum Gasteiger partial charge on any atom is 0.397 e. The Labute approximate surface area is 383 Å². The van der Waals surface area contributed by atoms with Crippen LogP contribution < -0.4 is 21.3 Å². The van der Waals surface area contributed by atoms with Crippen molar-refractivity contribution >= 4 is 51.8 Å². The summed E-state index contributed by atoms with van der Waals surface area (Å²) in [7, 11) is -3.74. The van der Waals surface area contributed by atoms with E-state index < -0.39 is 125 Å². The molecule has 0 spiro atoms. The maximum atomic E-state index is 14.9. The third kappa shape index (κ3) is 14.2. The Bertz CT molecular complexity index is 2150. The maximum absolute atomic E-state index is 14.9. The number of hydrogen-bond acceptors (Lipinski definition) is 14. The lowest BCUT2D eigenvalue weighted by molar-refractivity contribution is -0.168. The van der Waals surface area contributed by atoms with Gasteiger partial charge in [0.05, 0.1) is 0 Å². The van der Waals surface area contributed by atoms with Gasteiger partial charge in [0, 0.05) is 13.5 Å². The average Bonchev–Trinajstić information content (AvgIpc) is 3.28. The Hall–Kier alpha value is -5.68. The number of phenolic OH excluding ortho intramolecular Hbond substituents is 1. The normalized spacial score (nSPS) is 26.6. The summed E-state index contributed by atoms with van der Waals surface area (Å²) in [4.78, 5) is 102. The number of cyclic esters (lactones) is 1. The summed E-state index contributed by atoms with van der Waals surface area (Å²) in [5, 5.41) is 41.8. The topological polar surface area (TPSA) is 308 Å². The van der Waals surface area contributed by atoms with Crippen molar-refractivity contribution in [2.45, 2.75) is 134 Å². The van der Waals surface area contributed by atoms with Crippen molar-refractivity contribution in [3.63, 3.8) is 0 Å². The summed E-state index contributed by atoms with van der Waals surface area (Å²) in [5.41, 5.74) is 1.25.